The molecule has 0 unspecified atom stereocenters. The van der Waals surface area contributed by atoms with Crippen molar-refractivity contribution in [3.8, 4) is 5.69 Å². The molecule has 6 nitrogen and oxygen atoms in total. The Labute approximate surface area is 138 Å². The highest BCUT2D eigenvalue weighted by Crippen LogP contribution is 2.21. The van der Waals surface area contributed by atoms with Crippen LogP contribution in [0.1, 0.15) is 12.7 Å². The number of rotatable bonds is 3. The van der Waals surface area contributed by atoms with Crippen LogP contribution < -0.4 is 5.32 Å². The predicted octanol–water partition coefficient (Wildman–Crippen LogP) is 1.64. The van der Waals surface area contributed by atoms with E-state index in [-0.39, 0.29) is 12.4 Å². The van der Waals surface area contributed by atoms with E-state index >= 15 is 0 Å². The van der Waals surface area contributed by atoms with E-state index in [2.05, 4.69) is 48.6 Å². The second kappa shape index (κ2) is 7.31. The van der Waals surface area contributed by atoms with E-state index in [0.29, 0.717) is 6.04 Å². The highest BCUT2D eigenvalue weighted by atomic mass is 79.9. The SMILES string of the molecule is C[C@@H]1CNCCN1Cc1nnnn1-c1ccccc1Br.Cl. The molecule has 1 aliphatic heterocycles. The number of benzene rings is 1. The molecule has 2 heterocycles. The fraction of sp³-hybridized carbons (Fsp3) is 0.462. The molecular formula is C13H18BrClN6. The zero-order valence-corrected chi connectivity index (χ0v) is 14.1. The van der Waals surface area contributed by atoms with Crippen molar-refractivity contribution in [3.05, 3.63) is 34.6 Å². The van der Waals surface area contributed by atoms with Crippen LogP contribution in [0.3, 0.4) is 0 Å². The first-order chi connectivity index (χ1) is 9.75. The van der Waals surface area contributed by atoms with Crippen LogP contribution in [0.5, 0.6) is 0 Å². The highest BCUT2D eigenvalue weighted by molar-refractivity contribution is 9.10. The summed E-state index contributed by atoms with van der Waals surface area (Å²) in [6, 6.07) is 8.46. The molecule has 1 aliphatic rings. The van der Waals surface area contributed by atoms with Crippen LogP contribution in [-0.4, -0.2) is 50.8 Å². The summed E-state index contributed by atoms with van der Waals surface area (Å²) in [5.74, 6) is 0.866. The Balaban J connectivity index is 0.00000161. The van der Waals surface area contributed by atoms with E-state index < -0.39 is 0 Å². The quantitative estimate of drug-likeness (QED) is 0.886. The molecule has 3 rings (SSSR count). The minimum atomic E-state index is 0. The van der Waals surface area contributed by atoms with Gasteiger partial charge in [-0.05, 0) is 45.4 Å². The van der Waals surface area contributed by atoms with Gasteiger partial charge in [0, 0.05) is 30.1 Å². The standard InChI is InChI=1S/C13H17BrN6.ClH/c1-10-8-15-6-7-19(10)9-13-16-17-18-20(13)12-5-3-2-4-11(12)14;/h2-5,10,15H,6-9H2,1H3;1H/t10-;/m1./s1. The van der Waals surface area contributed by atoms with Gasteiger partial charge in [0.05, 0.1) is 12.2 Å². The lowest BCUT2D eigenvalue weighted by Crippen LogP contribution is -2.49. The lowest BCUT2D eigenvalue weighted by Gasteiger charge is -2.33. The summed E-state index contributed by atoms with van der Waals surface area (Å²) in [5, 5.41) is 15.5. The predicted molar refractivity (Wildman–Crippen MR) is 86.8 cm³/mol. The second-order valence-corrected chi connectivity index (χ2v) is 5.84. The molecule has 1 fully saturated rings. The number of tetrazole rings is 1. The second-order valence-electron chi connectivity index (χ2n) is 4.98. The summed E-state index contributed by atoms with van der Waals surface area (Å²) in [7, 11) is 0. The van der Waals surface area contributed by atoms with Crippen molar-refractivity contribution in [3.63, 3.8) is 0 Å². The maximum atomic E-state index is 4.18. The van der Waals surface area contributed by atoms with Gasteiger partial charge in [0.15, 0.2) is 5.82 Å². The molecular weight excluding hydrogens is 356 g/mol. The van der Waals surface area contributed by atoms with E-state index in [1.54, 1.807) is 4.68 Å². The van der Waals surface area contributed by atoms with E-state index in [1.807, 2.05) is 24.3 Å². The Morgan fingerprint density at radius 3 is 2.95 bits per heavy atom. The molecule has 1 aromatic heterocycles. The average Bonchev–Trinajstić information content (AvgIpc) is 2.90. The number of hydrogen-bond acceptors (Lipinski definition) is 5. The van der Waals surface area contributed by atoms with Crippen molar-refractivity contribution in [1.29, 1.82) is 0 Å². The van der Waals surface area contributed by atoms with E-state index in [4.69, 9.17) is 0 Å². The molecule has 0 amide bonds. The van der Waals surface area contributed by atoms with Gasteiger partial charge in [-0.2, -0.15) is 4.68 Å². The van der Waals surface area contributed by atoms with Crippen LogP contribution in [0.15, 0.2) is 28.7 Å². The minimum absolute atomic E-state index is 0. The van der Waals surface area contributed by atoms with Crippen LogP contribution >= 0.6 is 28.3 Å². The van der Waals surface area contributed by atoms with Gasteiger partial charge in [-0.1, -0.05) is 12.1 Å². The first-order valence-electron chi connectivity index (χ1n) is 6.72. The van der Waals surface area contributed by atoms with Crippen molar-refractivity contribution in [2.24, 2.45) is 0 Å². The zero-order valence-electron chi connectivity index (χ0n) is 11.7. The first kappa shape index (κ1) is 16.4. The largest absolute Gasteiger partial charge is 0.314 e. The lowest BCUT2D eigenvalue weighted by atomic mass is 10.2. The number of nitrogens with one attached hydrogen (secondary N) is 1. The van der Waals surface area contributed by atoms with Crippen LogP contribution in [0, 0.1) is 0 Å². The van der Waals surface area contributed by atoms with Crippen LogP contribution in [0.25, 0.3) is 5.69 Å². The summed E-state index contributed by atoms with van der Waals surface area (Å²) < 4.78 is 2.79. The number of nitrogens with zero attached hydrogens (tertiary/aromatic N) is 5. The van der Waals surface area contributed by atoms with Gasteiger partial charge < -0.3 is 5.32 Å². The molecule has 0 aliphatic carbocycles. The molecule has 21 heavy (non-hydrogen) atoms. The number of halogens is 2. The topological polar surface area (TPSA) is 58.9 Å². The first-order valence-corrected chi connectivity index (χ1v) is 7.52. The fourth-order valence-electron chi connectivity index (χ4n) is 2.41. The van der Waals surface area contributed by atoms with Gasteiger partial charge in [-0.3, -0.25) is 4.90 Å². The van der Waals surface area contributed by atoms with Crippen molar-refractivity contribution in [2.45, 2.75) is 19.5 Å². The molecule has 0 spiro atoms. The molecule has 1 atom stereocenters. The number of hydrogen-bond donors (Lipinski definition) is 1. The summed E-state index contributed by atoms with van der Waals surface area (Å²) in [6.45, 7) is 6.03. The van der Waals surface area contributed by atoms with E-state index in [0.717, 1.165) is 42.2 Å². The molecule has 0 saturated carbocycles. The van der Waals surface area contributed by atoms with Gasteiger partial charge in [0.25, 0.3) is 0 Å². The number of para-hydroxylation sites is 1. The summed E-state index contributed by atoms with van der Waals surface area (Å²) in [4.78, 5) is 2.40. The molecule has 0 radical (unpaired) electrons. The van der Waals surface area contributed by atoms with Crippen molar-refractivity contribution in [2.75, 3.05) is 19.6 Å². The number of aromatic nitrogens is 4. The Morgan fingerprint density at radius 2 is 2.19 bits per heavy atom. The molecule has 1 N–H and O–H groups in total. The van der Waals surface area contributed by atoms with Gasteiger partial charge in [0.1, 0.15) is 0 Å². The summed E-state index contributed by atoms with van der Waals surface area (Å²) in [6.07, 6.45) is 0. The van der Waals surface area contributed by atoms with Crippen LogP contribution in [0.4, 0.5) is 0 Å². The maximum Gasteiger partial charge on any atom is 0.170 e. The van der Waals surface area contributed by atoms with Crippen LogP contribution in [-0.2, 0) is 6.54 Å². The third-order valence-electron chi connectivity index (χ3n) is 3.60. The van der Waals surface area contributed by atoms with Crippen molar-refractivity contribution in [1.82, 2.24) is 30.4 Å². The van der Waals surface area contributed by atoms with E-state index in [1.165, 1.54) is 0 Å². The average molecular weight is 374 g/mol. The minimum Gasteiger partial charge on any atom is -0.314 e. The van der Waals surface area contributed by atoms with Gasteiger partial charge >= 0.3 is 0 Å². The number of piperazine rings is 1. The lowest BCUT2D eigenvalue weighted by molar-refractivity contribution is 0.160. The Hall–Kier alpha value is -1.02. The van der Waals surface area contributed by atoms with Crippen LogP contribution in [0.2, 0.25) is 0 Å². The maximum absolute atomic E-state index is 4.18. The Morgan fingerprint density at radius 1 is 1.38 bits per heavy atom. The third kappa shape index (κ3) is 3.60. The van der Waals surface area contributed by atoms with Gasteiger partial charge in [0.2, 0.25) is 0 Å². The molecule has 114 valence electrons. The molecule has 0 bridgehead atoms. The van der Waals surface area contributed by atoms with Gasteiger partial charge in [-0.15, -0.1) is 17.5 Å². The zero-order chi connectivity index (χ0) is 13.9. The third-order valence-corrected chi connectivity index (χ3v) is 4.27. The van der Waals surface area contributed by atoms with E-state index in [9.17, 15) is 0 Å². The Bertz CT molecular complexity index is 590. The van der Waals surface area contributed by atoms with Crippen molar-refractivity contribution < 1.29 is 0 Å². The normalized spacial score (nSPS) is 19.2. The molecule has 1 saturated heterocycles. The molecule has 1 aromatic carbocycles. The fourth-order valence-corrected chi connectivity index (χ4v) is 2.87. The van der Waals surface area contributed by atoms with Crippen molar-refractivity contribution >= 4 is 28.3 Å². The smallest absolute Gasteiger partial charge is 0.170 e. The molecule has 8 heteroatoms. The van der Waals surface area contributed by atoms with Gasteiger partial charge in [-0.25, -0.2) is 0 Å². The summed E-state index contributed by atoms with van der Waals surface area (Å²) in [5.41, 5.74) is 0.968. The highest BCUT2D eigenvalue weighted by Gasteiger charge is 2.21. The molecule has 2 aromatic rings. The summed E-state index contributed by atoms with van der Waals surface area (Å²) >= 11 is 3.55. The monoisotopic (exact) mass is 372 g/mol. The Kier molecular flexibility index (Phi) is 5.69.